The van der Waals surface area contributed by atoms with E-state index in [1.54, 1.807) is 19.2 Å². The van der Waals surface area contributed by atoms with Crippen molar-refractivity contribution in [3.8, 4) is 5.88 Å². The third kappa shape index (κ3) is 5.86. The molecule has 4 N–H and O–H groups in total. The van der Waals surface area contributed by atoms with Gasteiger partial charge in [0.05, 0.1) is 19.2 Å². The number of carbonyl (C=O) groups is 1. The van der Waals surface area contributed by atoms with Crippen LogP contribution in [0.2, 0.25) is 0 Å². The Morgan fingerprint density at radius 2 is 1.74 bits per heavy atom. The zero-order chi connectivity index (χ0) is 23.9. The van der Waals surface area contributed by atoms with Crippen LogP contribution in [0, 0.1) is 0 Å². The van der Waals surface area contributed by atoms with Gasteiger partial charge in [0.25, 0.3) is 0 Å². The molecule has 1 aliphatic heterocycles. The normalized spacial score (nSPS) is 13.6. The molecule has 1 aromatic carbocycles. The number of aromatic nitrogens is 2. The summed E-state index contributed by atoms with van der Waals surface area (Å²) in [5.41, 5.74) is 9.64. The van der Waals surface area contributed by atoms with E-state index in [0.29, 0.717) is 23.9 Å². The molecule has 0 radical (unpaired) electrons. The lowest BCUT2D eigenvalue weighted by molar-refractivity contribution is -0.136. The summed E-state index contributed by atoms with van der Waals surface area (Å²) in [6, 6.07) is 15.5. The van der Waals surface area contributed by atoms with Gasteiger partial charge in [-0.1, -0.05) is 18.2 Å². The number of anilines is 4. The van der Waals surface area contributed by atoms with Gasteiger partial charge in [0.1, 0.15) is 5.82 Å². The number of nitrogen functional groups attached to an aromatic ring is 1. The maximum Gasteiger partial charge on any atom is 0.307 e. The minimum Gasteiger partial charge on any atom is -0.481 e. The first-order valence-electron chi connectivity index (χ1n) is 11.3. The molecule has 3 aromatic rings. The van der Waals surface area contributed by atoms with Crippen LogP contribution in [0.15, 0.2) is 54.7 Å². The molecule has 0 aliphatic carbocycles. The quantitative estimate of drug-likeness (QED) is 0.441. The molecule has 1 saturated heterocycles. The summed E-state index contributed by atoms with van der Waals surface area (Å²) >= 11 is 0. The first-order chi connectivity index (χ1) is 16.5. The van der Waals surface area contributed by atoms with E-state index in [4.69, 9.17) is 15.6 Å². The van der Waals surface area contributed by atoms with Crippen molar-refractivity contribution in [2.75, 3.05) is 60.7 Å². The number of benzene rings is 1. The number of rotatable bonds is 9. The van der Waals surface area contributed by atoms with Crippen LogP contribution in [-0.2, 0) is 17.6 Å². The van der Waals surface area contributed by atoms with Gasteiger partial charge < -0.3 is 30.7 Å². The first-order valence-corrected chi connectivity index (χ1v) is 11.3. The van der Waals surface area contributed by atoms with E-state index in [1.165, 1.54) is 0 Å². The molecule has 9 heteroatoms. The van der Waals surface area contributed by atoms with E-state index in [0.717, 1.165) is 55.2 Å². The second-order valence-electron chi connectivity index (χ2n) is 8.20. The van der Waals surface area contributed by atoms with Gasteiger partial charge in [-0.2, -0.15) is 4.98 Å². The van der Waals surface area contributed by atoms with E-state index in [9.17, 15) is 4.79 Å². The smallest absolute Gasteiger partial charge is 0.307 e. The van der Waals surface area contributed by atoms with Crippen LogP contribution in [-0.4, -0.2) is 60.9 Å². The van der Waals surface area contributed by atoms with Gasteiger partial charge in [-0.15, -0.1) is 0 Å². The molecule has 2 aromatic heterocycles. The lowest BCUT2D eigenvalue weighted by Gasteiger charge is -2.36. The molecule has 3 heterocycles. The van der Waals surface area contributed by atoms with Crippen molar-refractivity contribution in [2.24, 2.45) is 0 Å². The number of nitrogens with two attached hydrogens (primary N) is 1. The van der Waals surface area contributed by atoms with Gasteiger partial charge in [-0.3, -0.25) is 4.79 Å². The van der Waals surface area contributed by atoms with Crippen molar-refractivity contribution >= 4 is 29.0 Å². The maximum atomic E-state index is 10.9. The molecule has 34 heavy (non-hydrogen) atoms. The number of ether oxygens (including phenoxy) is 1. The fourth-order valence-electron chi connectivity index (χ4n) is 3.98. The Kier molecular flexibility index (Phi) is 7.31. The largest absolute Gasteiger partial charge is 0.481 e. The minimum atomic E-state index is -0.810. The second-order valence-corrected chi connectivity index (χ2v) is 8.20. The van der Waals surface area contributed by atoms with E-state index in [1.807, 2.05) is 30.5 Å². The number of pyridine rings is 2. The topological polar surface area (TPSA) is 117 Å². The Bertz CT molecular complexity index is 1100. The molecule has 0 atom stereocenters. The number of hydrogen-bond acceptors (Lipinski definition) is 8. The Hall–Kier alpha value is -4.01. The molecule has 1 aliphatic rings. The fourth-order valence-corrected chi connectivity index (χ4v) is 3.98. The molecule has 0 bridgehead atoms. The number of nitrogens with zero attached hydrogens (tertiary/aromatic N) is 4. The molecule has 0 saturated carbocycles. The van der Waals surface area contributed by atoms with Crippen molar-refractivity contribution in [3.63, 3.8) is 0 Å². The summed E-state index contributed by atoms with van der Waals surface area (Å²) in [7, 11) is 1.58. The molecule has 9 nitrogen and oxygen atoms in total. The average Bonchev–Trinajstić information content (AvgIpc) is 2.86. The average molecular weight is 463 g/mol. The SMILES string of the molecule is COc1ccc(N)c(NCCc2ccc(N3CCN(c4ccc(CC(=O)O)cc4)CC3)nc2)n1. The Labute approximate surface area is 199 Å². The van der Waals surface area contributed by atoms with Crippen LogP contribution >= 0.6 is 0 Å². The number of piperazine rings is 1. The number of nitrogens with one attached hydrogen (secondary N) is 1. The number of hydrogen-bond donors (Lipinski definition) is 3. The van der Waals surface area contributed by atoms with Crippen LogP contribution < -0.4 is 25.6 Å². The zero-order valence-electron chi connectivity index (χ0n) is 19.3. The first kappa shape index (κ1) is 23.2. The van der Waals surface area contributed by atoms with Gasteiger partial charge in [0.15, 0.2) is 5.82 Å². The van der Waals surface area contributed by atoms with Crippen LogP contribution in [0.4, 0.5) is 23.0 Å². The van der Waals surface area contributed by atoms with Crippen LogP contribution in [0.3, 0.4) is 0 Å². The molecule has 0 amide bonds. The minimum absolute atomic E-state index is 0.0533. The van der Waals surface area contributed by atoms with Crippen molar-refractivity contribution in [1.29, 1.82) is 0 Å². The molecule has 0 unspecified atom stereocenters. The van der Waals surface area contributed by atoms with Crippen LogP contribution in [0.1, 0.15) is 11.1 Å². The van der Waals surface area contributed by atoms with Crippen molar-refractivity contribution in [2.45, 2.75) is 12.8 Å². The van der Waals surface area contributed by atoms with Gasteiger partial charge in [0, 0.05) is 50.7 Å². The number of methoxy groups -OCH3 is 1. The molecule has 0 spiro atoms. The van der Waals surface area contributed by atoms with Crippen LogP contribution in [0.25, 0.3) is 0 Å². The summed E-state index contributed by atoms with van der Waals surface area (Å²) in [6.07, 6.45) is 2.78. The summed E-state index contributed by atoms with van der Waals surface area (Å²) in [5.74, 6) is 1.32. The predicted octanol–water partition coefficient (Wildman–Crippen LogP) is 2.68. The number of carboxylic acids is 1. The van der Waals surface area contributed by atoms with E-state index in [2.05, 4.69) is 37.2 Å². The maximum absolute atomic E-state index is 10.9. The molecule has 178 valence electrons. The molecular formula is C25H30N6O3. The Morgan fingerprint density at radius 1 is 1.03 bits per heavy atom. The standard InChI is InChI=1S/C25H30N6O3/c1-34-23-9-7-21(26)25(29-23)27-11-10-19-4-8-22(28-17-19)31-14-12-30(13-15-31)20-5-2-18(3-6-20)16-24(32)33/h2-9,17H,10-16,26H2,1H3,(H,27,29)(H,32,33). The fraction of sp³-hybridized carbons (Fsp3) is 0.320. The number of aliphatic carboxylic acids is 1. The summed E-state index contributed by atoms with van der Waals surface area (Å²) < 4.78 is 5.15. The third-order valence-corrected chi connectivity index (χ3v) is 5.89. The molecule has 1 fully saturated rings. The van der Waals surface area contributed by atoms with E-state index >= 15 is 0 Å². The van der Waals surface area contributed by atoms with Crippen LogP contribution in [0.5, 0.6) is 5.88 Å². The Balaban J connectivity index is 1.26. The van der Waals surface area contributed by atoms with Gasteiger partial charge in [-0.05, 0) is 41.8 Å². The summed E-state index contributed by atoms with van der Waals surface area (Å²) in [4.78, 5) is 24.5. The highest BCUT2D eigenvalue weighted by Gasteiger charge is 2.18. The summed E-state index contributed by atoms with van der Waals surface area (Å²) in [5, 5.41) is 12.2. The van der Waals surface area contributed by atoms with Crippen molar-refractivity contribution in [1.82, 2.24) is 9.97 Å². The Morgan fingerprint density at radius 3 is 2.38 bits per heavy atom. The summed E-state index contributed by atoms with van der Waals surface area (Å²) in [6.45, 7) is 4.23. The van der Waals surface area contributed by atoms with Crippen molar-refractivity contribution < 1.29 is 14.6 Å². The highest BCUT2D eigenvalue weighted by Crippen LogP contribution is 2.21. The number of carboxylic acid groups (broad SMARTS) is 1. The lowest BCUT2D eigenvalue weighted by atomic mass is 10.1. The van der Waals surface area contributed by atoms with Gasteiger partial charge in [-0.25, -0.2) is 4.98 Å². The second kappa shape index (κ2) is 10.7. The zero-order valence-corrected chi connectivity index (χ0v) is 19.3. The van der Waals surface area contributed by atoms with E-state index < -0.39 is 5.97 Å². The molecule has 4 rings (SSSR count). The lowest BCUT2D eigenvalue weighted by Crippen LogP contribution is -2.46. The third-order valence-electron chi connectivity index (χ3n) is 5.89. The highest BCUT2D eigenvalue weighted by molar-refractivity contribution is 5.70. The van der Waals surface area contributed by atoms with Gasteiger partial charge in [0.2, 0.25) is 5.88 Å². The van der Waals surface area contributed by atoms with Crippen molar-refractivity contribution in [3.05, 3.63) is 65.9 Å². The van der Waals surface area contributed by atoms with E-state index in [-0.39, 0.29) is 6.42 Å². The van der Waals surface area contributed by atoms with Gasteiger partial charge >= 0.3 is 5.97 Å². The predicted molar refractivity (Wildman–Crippen MR) is 134 cm³/mol. The highest BCUT2D eigenvalue weighted by atomic mass is 16.5. The molecular weight excluding hydrogens is 432 g/mol. The monoisotopic (exact) mass is 462 g/mol.